The lowest BCUT2D eigenvalue weighted by Gasteiger charge is -2.19. The molecule has 1 saturated heterocycles. The van der Waals surface area contributed by atoms with Crippen LogP contribution in [-0.2, 0) is 16.0 Å². The van der Waals surface area contributed by atoms with Crippen LogP contribution in [0.3, 0.4) is 0 Å². The second-order valence-corrected chi connectivity index (χ2v) is 8.36. The molecule has 2 aromatic rings. The van der Waals surface area contributed by atoms with E-state index in [1.54, 1.807) is 18.2 Å². The van der Waals surface area contributed by atoms with Crippen molar-refractivity contribution < 1.29 is 14.0 Å². The van der Waals surface area contributed by atoms with Gasteiger partial charge in [0.05, 0.1) is 5.25 Å². The third-order valence-corrected chi connectivity index (χ3v) is 6.26. The van der Waals surface area contributed by atoms with Crippen LogP contribution in [0.25, 0.3) is 0 Å². The summed E-state index contributed by atoms with van der Waals surface area (Å²) in [7, 11) is 0. The highest BCUT2D eigenvalue weighted by atomic mass is 32.2. The molecule has 2 amide bonds. The molecule has 1 atom stereocenters. The van der Waals surface area contributed by atoms with Crippen molar-refractivity contribution in [3.63, 3.8) is 0 Å². The van der Waals surface area contributed by atoms with E-state index in [1.165, 1.54) is 34.9 Å². The van der Waals surface area contributed by atoms with Crippen LogP contribution >= 0.6 is 11.8 Å². The van der Waals surface area contributed by atoms with Crippen LogP contribution in [0.4, 0.5) is 10.1 Å². The lowest BCUT2D eigenvalue weighted by atomic mass is 10.1. The Labute approximate surface area is 185 Å². The maximum atomic E-state index is 13.4. The number of thioether (sulfide) groups is 1. The van der Waals surface area contributed by atoms with E-state index in [1.807, 2.05) is 32.0 Å². The minimum Gasteiger partial charge on any atom is -0.348 e. The highest BCUT2D eigenvalue weighted by molar-refractivity contribution is 8.05. The van der Waals surface area contributed by atoms with Gasteiger partial charge in [-0.05, 0) is 61.2 Å². The predicted molar refractivity (Wildman–Crippen MR) is 121 cm³/mol. The van der Waals surface area contributed by atoms with Gasteiger partial charge in [-0.15, -0.1) is 6.58 Å². The largest absolute Gasteiger partial charge is 0.348 e. The van der Waals surface area contributed by atoms with Gasteiger partial charge in [0.2, 0.25) is 5.91 Å². The molecule has 1 aliphatic rings. The Morgan fingerprint density at radius 3 is 2.58 bits per heavy atom. The molecule has 0 aliphatic carbocycles. The van der Waals surface area contributed by atoms with Crippen LogP contribution in [0.15, 0.2) is 65.7 Å². The number of nitrogens with zero attached hydrogens (tertiary/aromatic N) is 2. The molecule has 0 bridgehead atoms. The van der Waals surface area contributed by atoms with E-state index in [4.69, 9.17) is 0 Å². The monoisotopic (exact) mass is 435 g/mol. The normalized spacial score (nSPS) is 17.3. The zero-order chi connectivity index (χ0) is 22.5. The van der Waals surface area contributed by atoms with Crippen LogP contribution < -0.4 is 10.2 Å². The van der Waals surface area contributed by atoms with Crippen molar-refractivity contribution in [2.24, 2.45) is 0 Å². The van der Waals surface area contributed by atoms with Gasteiger partial charge >= 0.3 is 0 Å². The molecule has 0 aromatic heterocycles. The number of hydrogen-bond donors (Lipinski definition) is 1. The summed E-state index contributed by atoms with van der Waals surface area (Å²) in [5.74, 6) is -1.14. The minimum absolute atomic E-state index is 0.125. The molecule has 2 aromatic carbocycles. The number of hydrogen-bond acceptors (Lipinski definition) is 4. The van der Waals surface area contributed by atoms with Crippen LogP contribution in [0.1, 0.15) is 16.7 Å². The van der Waals surface area contributed by atoms with Gasteiger partial charge in [-0.3, -0.25) is 14.5 Å². The van der Waals surface area contributed by atoms with Gasteiger partial charge in [-0.1, -0.05) is 36.0 Å². The molecule has 31 heavy (non-hydrogen) atoms. The summed E-state index contributed by atoms with van der Waals surface area (Å²) in [6.45, 7) is 7.68. The number of carbonyl (C=O) groups excluding carboxylic acids is 2. The zero-order valence-corrected chi connectivity index (χ0v) is 18.1. The average Bonchev–Trinajstić information content (AvgIpc) is 3.06. The fourth-order valence-corrected chi connectivity index (χ4v) is 4.48. The van der Waals surface area contributed by atoms with Crippen molar-refractivity contribution in [2.75, 3.05) is 11.4 Å². The number of amides is 2. The molecule has 0 radical (unpaired) electrons. The van der Waals surface area contributed by atoms with Gasteiger partial charge in [0.15, 0.2) is 0 Å². The third kappa shape index (κ3) is 4.86. The molecular weight excluding hydrogens is 413 g/mol. The molecule has 0 spiro atoms. The smallest absolute Gasteiger partial charge is 0.264 e. The molecule has 3 rings (SSSR count). The molecule has 1 aliphatic heterocycles. The summed E-state index contributed by atoms with van der Waals surface area (Å²) in [5.41, 5.74) is 3.33. The number of carbonyl (C=O) groups is 2. The number of benzene rings is 2. The molecule has 5 nitrogen and oxygen atoms in total. The Kier molecular flexibility index (Phi) is 6.93. The first kappa shape index (κ1) is 22.3. The first-order valence-electron chi connectivity index (χ1n) is 9.71. The highest BCUT2D eigenvalue weighted by Crippen LogP contribution is 2.42. The lowest BCUT2D eigenvalue weighted by Crippen LogP contribution is -2.32. The summed E-state index contributed by atoms with van der Waals surface area (Å²) in [5, 5.41) is 12.1. The summed E-state index contributed by atoms with van der Waals surface area (Å²) >= 11 is 1.18. The maximum Gasteiger partial charge on any atom is 0.264 e. The Morgan fingerprint density at radius 2 is 1.97 bits per heavy atom. The summed E-state index contributed by atoms with van der Waals surface area (Å²) in [4.78, 5) is 27.4. The van der Waals surface area contributed by atoms with Gasteiger partial charge < -0.3 is 5.32 Å². The number of rotatable bonds is 6. The van der Waals surface area contributed by atoms with Gasteiger partial charge in [-0.2, -0.15) is 5.26 Å². The lowest BCUT2D eigenvalue weighted by molar-refractivity contribution is -0.117. The summed E-state index contributed by atoms with van der Waals surface area (Å²) in [6.07, 6.45) is 1.87. The van der Waals surface area contributed by atoms with Crippen molar-refractivity contribution in [3.8, 4) is 6.07 Å². The van der Waals surface area contributed by atoms with Gasteiger partial charge in [0.25, 0.3) is 5.91 Å². The van der Waals surface area contributed by atoms with E-state index in [0.717, 1.165) is 16.7 Å². The second kappa shape index (κ2) is 9.63. The Balaban J connectivity index is 2.04. The summed E-state index contributed by atoms with van der Waals surface area (Å²) < 4.78 is 13.3. The SMILES string of the molecule is C=CCNC(=O)/C(C#N)=C1\SC(Cc2ccc(F)cc2)C(=O)N1c1ccc(C)c(C)c1. The van der Waals surface area contributed by atoms with Crippen LogP contribution in [-0.4, -0.2) is 23.6 Å². The molecule has 0 saturated carbocycles. The molecule has 1 fully saturated rings. The third-order valence-electron chi connectivity index (χ3n) is 5.00. The fourth-order valence-electron chi connectivity index (χ4n) is 3.17. The Hall–Kier alpha value is -3.37. The van der Waals surface area contributed by atoms with Gasteiger partial charge in [0, 0.05) is 12.2 Å². The van der Waals surface area contributed by atoms with Gasteiger partial charge in [-0.25, -0.2) is 4.39 Å². The molecule has 158 valence electrons. The molecule has 7 heteroatoms. The molecule has 1 unspecified atom stereocenters. The van der Waals surface area contributed by atoms with Crippen molar-refractivity contribution in [1.29, 1.82) is 5.26 Å². The van der Waals surface area contributed by atoms with E-state index in [-0.39, 0.29) is 23.8 Å². The van der Waals surface area contributed by atoms with Gasteiger partial charge in [0.1, 0.15) is 22.5 Å². The Bertz CT molecular complexity index is 1100. The molecule has 1 heterocycles. The number of aryl methyl sites for hydroxylation is 2. The highest BCUT2D eigenvalue weighted by Gasteiger charge is 2.40. The quantitative estimate of drug-likeness (QED) is 0.420. The molecule has 1 N–H and O–H groups in total. The van der Waals surface area contributed by atoms with Crippen molar-refractivity contribution in [2.45, 2.75) is 25.5 Å². The topological polar surface area (TPSA) is 73.2 Å². The maximum absolute atomic E-state index is 13.4. The van der Waals surface area contributed by atoms with Crippen molar-refractivity contribution >= 4 is 29.3 Å². The van der Waals surface area contributed by atoms with Crippen molar-refractivity contribution in [3.05, 3.63) is 88.2 Å². The van der Waals surface area contributed by atoms with Crippen LogP contribution in [0, 0.1) is 31.0 Å². The second-order valence-electron chi connectivity index (χ2n) is 7.17. The van der Waals surface area contributed by atoms with E-state index >= 15 is 0 Å². The fraction of sp³-hybridized carbons (Fsp3) is 0.208. The first-order valence-corrected chi connectivity index (χ1v) is 10.6. The van der Waals surface area contributed by atoms with E-state index < -0.39 is 11.2 Å². The van der Waals surface area contributed by atoms with E-state index in [0.29, 0.717) is 17.1 Å². The minimum atomic E-state index is -0.561. The van der Waals surface area contributed by atoms with Crippen LogP contribution in [0.5, 0.6) is 0 Å². The van der Waals surface area contributed by atoms with E-state index in [2.05, 4.69) is 11.9 Å². The number of halogens is 1. The average molecular weight is 436 g/mol. The standard InChI is InChI=1S/C24H22FN3O2S/c1-4-11-27-22(29)20(14-26)24-28(19-10-5-15(2)16(3)12-19)23(30)21(31-24)13-17-6-8-18(25)9-7-17/h4-10,12,21H,1,11,13H2,2-3H3,(H,27,29)/b24-20-. The first-order chi connectivity index (χ1) is 14.8. The number of nitriles is 1. The van der Waals surface area contributed by atoms with Crippen LogP contribution in [0.2, 0.25) is 0 Å². The predicted octanol–water partition coefficient (Wildman–Crippen LogP) is 4.17. The molecular formula is C24H22FN3O2S. The summed E-state index contributed by atoms with van der Waals surface area (Å²) in [6, 6.07) is 13.5. The van der Waals surface area contributed by atoms with E-state index in [9.17, 15) is 19.2 Å². The number of nitrogens with one attached hydrogen (secondary N) is 1. The zero-order valence-electron chi connectivity index (χ0n) is 17.3. The number of anilines is 1. The Morgan fingerprint density at radius 1 is 1.26 bits per heavy atom. The van der Waals surface area contributed by atoms with Crippen molar-refractivity contribution in [1.82, 2.24) is 5.32 Å².